The lowest BCUT2D eigenvalue weighted by molar-refractivity contribution is -0.122. The topological polar surface area (TPSA) is 80.6 Å². The smallest absolute Gasteiger partial charge is 0.335 e. The minimum atomic E-state index is -0.832. The summed E-state index contributed by atoms with van der Waals surface area (Å²) in [4.78, 5) is 38.6. The van der Waals surface area contributed by atoms with Gasteiger partial charge in [0.1, 0.15) is 17.1 Å². The highest BCUT2D eigenvalue weighted by molar-refractivity contribution is 6.39. The number of benzene rings is 2. The summed E-state index contributed by atoms with van der Waals surface area (Å²) in [5.74, 6) is -1.35. The van der Waals surface area contributed by atoms with E-state index in [-0.39, 0.29) is 11.4 Å². The number of nitrogens with zero attached hydrogens (tertiary/aromatic N) is 2. The van der Waals surface area contributed by atoms with Crippen molar-refractivity contribution in [2.75, 3.05) is 12.0 Å². The van der Waals surface area contributed by atoms with Gasteiger partial charge in [0.2, 0.25) is 0 Å². The Morgan fingerprint density at radius 2 is 1.60 bits per heavy atom. The Hall–Kier alpha value is -4.20. The van der Waals surface area contributed by atoms with Crippen molar-refractivity contribution in [3.05, 3.63) is 83.9 Å². The molecule has 1 aromatic heterocycles. The van der Waals surface area contributed by atoms with Crippen molar-refractivity contribution in [1.82, 2.24) is 9.88 Å². The van der Waals surface area contributed by atoms with Gasteiger partial charge in [-0.3, -0.25) is 14.9 Å². The zero-order valence-electron chi connectivity index (χ0n) is 15.8. The van der Waals surface area contributed by atoms with E-state index in [4.69, 9.17) is 4.74 Å². The van der Waals surface area contributed by atoms with Crippen LogP contribution in [-0.4, -0.2) is 29.5 Å². The summed E-state index contributed by atoms with van der Waals surface area (Å²) in [7, 11) is 1.50. The Labute approximate surface area is 171 Å². The van der Waals surface area contributed by atoms with Gasteiger partial charge in [-0.25, -0.2) is 14.1 Å². The summed E-state index contributed by atoms with van der Waals surface area (Å²) in [5.41, 5.74) is 1.27. The van der Waals surface area contributed by atoms with E-state index < -0.39 is 17.8 Å². The molecule has 1 saturated heterocycles. The van der Waals surface area contributed by atoms with Crippen LogP contribution in [0.3, 0.4) is 0 Å². The van der Waals surface area contributed by atoms with E-state index >= 15 is 0 Å². The molecule has 0 unspecified atom stereocenters. The van der Waals surface area contributed by atoms with Crippen LogP contribution in [0.1, 0.15) is 5.69 Å². The van der Waals surface area contributed by atoms with Crippen LogP contribution in [-0.2, 0) is 9.59 Å². The zero-order chi connectivity index (χ0) is 21.3. The Kier molecular flexibility index (Phi) is 4.89. The number of aromatic nitrogens is 1. The van der Waals surface area contributed by atoms with Crippen molar-refractivity contribution in [1.29, 1.82) is 0 Å². The highest BCUT2D eigenvalue weighted by Crippen LogP contribution is 2.25. The quantitative estimate of drug-likeness (QED) is 0.534. The predicted molar refractivity (Wildman–Crippen MR) is 108 cm³/mol. The van der Waals surface area contributed by atoms with Crippen molar-refractivity contribution in [2.24, 2.45) is 0 Å². The maximum atomic E-state index is 13.2. The van der Waals surface area contributed by atoms with Gasteiger partial charge in [0, 0.05) is 17.6 Å². The molecule has 1 N–H and O–H groups in total. The molecule has 3 aromatic rings. The molecule has 1 aliphatic rings. The molecule has 4 amide bonds. The first-order valence-corrected chi connectivity index (χ1v) is 8.97. The maximum Gasteiger partial charge on any atom is 0.335 e. The SMILES string of the molecule is COc1ccc(N2C(=O)NC(=O)/C(=C\c3cccn3-c3ccc(F)cc3)C2=O)cc1. The maximum absolute atomic E-state index is 13.2. The molecule has 0 atom stereocenters. The average molecular weight is 405 g/mol. The Bertz CT molecular complexity index is 1160. The second-order valence-electron chi connectivity index (χ2n) is 6.44. The third-order valence-corrected chi connectivity index (χ3v) is 4.61. The molecule has 0 bridgehead atoms. The highest BCUT2D eigenvalue weighted by Gasteiger charge is 2.37. The fourth-order valence-corrected chi connectivity index (χ4v) is 3.12. The van der Waals surface area contributed by atoms with Crippen molar-refractivity contribution in [2.45, 2.75) is 0 Å². The molecule has 8 heteroatoms. The van der Waals surface area contributed by atoms with E-state index in [1.165, 1.54) is 25.3 Å². The first-order chi connectivity index (χ1) is 14.5. The van der Waals surface area contributed by atoms with Gasteiger partial charge in [-0.15, -0.1) is 0 Å². The first-order valence-electron chi connectivity index (χ1n) is 8.97. The summed E-state index contributed by atoms with van der Waals surface area (Å²) in [6.07, 6.45) is 3.11. The number of halogens is 1. The summed E-state index contributed by atoms with van der Waals surface area (Å²) in [6, 6.07) is 14.7. The Morgan fingerprint density at radius 3 is 2.27 bits per heavy atom. The highest BCUT2D eigenvalue weighted by atomic mass is 19.1. The van der Waals surface area contributed by atoms with Gasteiger partial charge in [0.15, 0.2) is 0 Å². The molecule has 30 heavy (non-hydrogen) atoms. The van der Waals surface area contributed by atoms with E-state index in [0.29, 0.717) is 22.8 Å². The van der Waals surface area contributed by atoms with Crippen molar-refractivity contribution in [3.63, 3.8) is 0 Å². The second-order valence-corrected chi connectivity index (χ2v) is 6.44. The van der Waals surface area contributed by atoms with Crippen LogP contribution in [0.5, 0.6) is 5.75 Å². The summed E-state index contributed by atoms with van der Waals surface area (Å²) < 4.78 is 20.0. The number of urea groups is 1. The van der Waals surface area contributed by atoms with E-state index in [1.54, 1.807) is 59.3 Å². The number of carbonyl (C=O) groups is 3. The number of hydrogen-bond acceptors (Lipinski definition) is 4. The summed E-state index contributed by atoms with van der Waals surface area (Å²) in [6.45, 7) is 0. The number of methoxy groups -OCH3 is 1. The number of ether oxygens (including phenoxy) is 1. The lowest BCUT2D eigenvalue weighted by Gasteiger charge is -2.26. The molecule has 2 heterocycles. The molecule has 0 saturated carbocycles. The lowest BCUT2D eigenvalue weighted by Crippen LogP contribution is -2.54. The monoisotopic (exact) mass is 405 g/mol. The van der Waals surface area contributed by atoms with Crippen LogP contribution < -0.4 is 15.0 Å². The summed E-state index contributed by atoms with van der Waals surface area (Å²) in [5, 5.41) is 2.18. The largest absolute Gasteiger partial charge is 0.497 e. The van der Waals surface area contributed by atoms with E-state index in [9.17, 15) is 18.8 Å². The van der Waals surface area contributed by atoms with Gasteiger partial charge >= 0.3 is 6.03 Å². The predicted octanol–water partition coefficient (Wildman–Crippen LogP) is 3.29. The normalized spacial score (nSPS) is 15.5. The van der Waals surface area contributed by atoms with Crippen LogP contribution in [0.15, 0.2) is 72.4 Å². The number of rotatable bonds is 4. The molecule has 4 rings (SSSR count). The third-order valence-electron chi connectivity index (χ3n) is 4.61. The number of hydrogen-bond donors (Lipinski definition) is 1. The van der Waals surface area contributed by atoms with Crippen molar-refractivity contribution in [3.8, 4) is 11.4 Å². The molecule has 0 aliphatic carbocycles. The first kappa shape index (κ1) is 19.1. The van der Waals surface area contributed by atoms with Gasteiger partial charge in [-0.1, -0.05) is 0 Å². The number of barbiturate groups is 1. The van der Waals surface area contributed by atoms with Crippen LogP contribution in [0.2, 0.25) is 0 Å². The van der Waals surface area contributed by atoms with Crippen molar-refractivity contribution < 1.29 is 23.5 Å². The van der Waals surface area contributed by atoms with Crippen LogP contribution in [0, 0.1) is 5.82 Å². The molecule has 150 valence electrons. The minimum absolute atomic E-state index is 0.201. The fraction of sp³-hybridized carbons (Fsp3) is 0.0455. The van der Waals surface area contributed by atoms with Crippen molar-refractivity contribution >= 4 is 29.6 Å². The van der Waals surface area contributed by atoms with Gasteiger partial charge in [-0.2, -0.15) is 0 Å². The molecule has 0 radical (unpaired) electrons. The van der Waals surface area contributed by atoms with E-state index in [2.05, 4.69) is 5.32 Å². The van der Waals surface area contributed by atoms with Gasteiger partial charge in [-0.05, 0) is 66.7 Å². The van der Waals surface area contributed by atoms with Gasteiger partial charge in [0.05, 0.1) is 12.8 Å². The molecular formula is C22H16FN3O4. The fourth-order valence-electron chi connectivity index (χ4n) is 3.12. The standard InChI is InChI=1S/C22H16FN3O4/c1-30-18-10-8-16(9-11-18)26-21(28)19(20(27)24-22(26)29)13-17-3-2-12-25(17)15-6-4-14(23)5-7-15/h2-13H,1H3,(H,24,27,29)/b19-13+. The molecule has 1 fully saturated rings. The number of imide groups is 2. The zero-order valence-corrected chi connectivity index (χ0v) is 15.8. The number of carbonyl (C=O) groups excluding carboxylic acids is 3. The van der Waals surface area contributed by atoms with Gasteiger partial charge < -0.3 is 9.30 Å². The Morgan fingerprint density at radius 1 is 0.933 bits per heavy atom. The number of anilines is 1. The van der Waals surface area contributed by atoms with Gasteiger partial charge in [0.25, 0.3) is 11.8 Å². The molecule has 0 spiro atoms. The number of nitrogens with one attached hydrogen (secondary N) is 1. The molecule has 7 nitrogen and oxygen atoms in total. The van der Waals surface area contributed by atoms with Crippen LogP contribution >= 0.6 is 0 Å². The van der Waals surface area contributed by atoms with E-state index in [1.807, 2.05) is 0 Å². The lowest BCUT2D eigenvalue weighted by atomic mass is 10.1. The summed E-state index contributed by atoms with van der Waals surface area (Å²) >= 11 is 0. The molecule has 1 aliphatic heterocycles. The molecular weight excluding hydrogens is 389 g/mol. The van der Waals surface area contributed by atoms with Crippen LogP contribution in [0.25, 0.3) is 11.8 Å². The second kappa shape index (κ2) is 7.67. The average Bonchev–Trinajstić information content (AvgIpc) is 3.20. The van der Waals surface area contributed by atoms with Crippen LogP contribution in [0.4, 0.5) is 14.9 Å². The molecule has 2 aromatic carbocycles. The number of amides is 4. The third kappa shape index (κ3) is 3.46. The Balaban J connectivity index is 1.71. The minimum Gasteiger partial charge on any atom is -0.497 e. The van der Waals surface area contributed by atoms with E-state index in [0.717, 1.165) is 4.90 Å².